The minimum atomic E-state index is 0. The molecule has 3 nitrogen and oxygen atoms in total. The van der Waals surface area contributed by atoms with Gasteiger partial charge in [0.2, 0.25) is 5.91 Å². The third-order valence-corrected chi connectivity index (χ3v) is 3.77. The van der Waals surface area contributed by atoms with Gasteiger partial charge < -0.3 is 10.6 Å². The standard InChI is InChI=1S/C12H18N2OS.ClH/c15-12(14-10-6-7-13-9-10)5-1-3-11-4-2-8-16-11;/h2,4,8,10,13H,1,3,5-7,9H2,(H,14,15);1H. The van der Waals surface area contributed by atoms with E-state index >= 15 is 0 Å². The molecule has 1 aliphatic heterocycles. The SMILES string of the molecule is Cl.O=C(CCCc1cccs1)NC1CCNC1. The van der Waals surface area contributed by atoms with Crippen LogP contribution in [0.4, 0.5) is 0 Å². The lowest BCUT2D eigenvalue weighted by Gasteiger charge is -2.10. The number of rotatable bonds is 5. The maximum absolute atomic E-state index is 11.6. The second-order valence-corrected chi connectivity index (χ2v) is 5.22. The Kier molecular flexibility index (Phi) is 6.55. The Hall–Kier alpha value is -0.580. The first-order chi connectivity index (χ1) is 7.84. The number of hydrogen-bond donors (Lipinski definition) is 2. The van der Waals surface area contributed by atoms with Crippen LogP contribution in [0.25, 0.3) is 0 Å². The van der Waals surface area contributed by atoms with Crippen molar-refractivity contribution in [3.05, 3.63) is 22.4 Å². The van der Waals surface area contributed by atoms with Crippen molar-refractivity contribution in [3.8, 4) is 0 Å². The van der Waals surface area contributed by atoms with Crippen molar-refractivity contribution in [3.63, 3.8) is 0 Å². The first-order valence-electron chi connectivity index (χ1n) is 5.87. The summed E-state index contributed by atoms with van der Waals surface area (Å²) < 4.78 is 0. The first kappa shape index (κ1) is 14.5. The van der Waals surface area contributed by atoms with E-state index in [9.17, 15) is 4.79 Å². The molecule has 2 rings (SSSR count). The molecule has 0 aliphatic carbocycles. The van der Waals surface area contributed by atoms with Crippen molar-refractivity contribution in [2.24, 2.45) is 0 Å². The Morgan fingerprint density at radius 1 is 1.59 bits per heavy atom. The molecule has 0 bridgehead atoms. The molecule has 2 heterocycles. The number of carbonyl (C=O) groups is 1. The fourth-order valence-corrected chi connectivity index (χ4v) is 2.71. The van der Waals surface area contributed by atoms with E-state index in [0.29, 0.717) is 12.5 Å². The summed E-state index contributed by atoms with van der Waals surface area (Å²) in [6.07, 6.45) is 3.69. The molecule has 1 atom stereocenters. The smallest absolute Gasteiger partial charge is 0.220 e. The van der Waals surface area contributed by atoms with Crippen LogP contribution in [0.3, 0.4) is 0 Å². The van der Waals surface area contributed by atoms with Crippen molar-refractivity contribution in [1.82, 2.24) is 10.6 Å². The summed E-state index contributed by atoms with van der Waals surface area (Å²) in [4.78, 5) is 13.0. The molecule has 2 N–H and O–H groups in total. The van der Waals surface area contributed by atoms with E-state index in [2.05, 4.69) is 28.1 Å². The molecule has 17 heavy (non-hydrogen) atoms. The quantitative estimate of drug-likeness (QED) is 0.862. The van der Waals surface area contributed by atoms with Gasteiger partial charge in [0.1, 0.15) is 0 Å². The van der Waals surface area contributed by atoms with E-state index in [1.807, 2.05) is 0 Å². The Morgan fingerprint density at radius 2 is 2.47 bits per heavy atom. The molecule has 1 unspecified atom stereocenters. The Labute approximate surface area is 112 Å². The largest absolute Gasteiger partial charge is 0.352 e. The number of thiophene rings is 1. The fourth-order valence-electron chi connectivity index (χ4n) is 1.96. The van der Waals surface area contributed by atoms with Crippen LogP contribution >= 0.6 is 23.7 Å². The van der Waals surface area contributed by atoms with Crippen LogP contribution in [0.2, 0.25) is 0 Å². The third kappa shape index (κ3) is 5.06. The summed E-state index contributed by atoms with van der Waals surface area (Å²) in [5, 5.41) is 8.39. The van der Waals surface area contributed by atoms with Gasteiger partial charge in [0.05, 0.1) is 0 Å². The van der Waals surface area contributed by atoms with Crippen LogP contribution < -0.4 is 10.6 Å². The molecule has 1 aliphatic rings. The molecule has 5 heteroatoms. The fraction of sp³-hybridized carbons (Fsp3) is 0.583. The molecule has 0 spiro atoms. The first-order valence-corrected chi connectivity index (χ1v) is 6.75. The number of hydrogen-bond acceptors (Lipinski definition) is 3. The van der Waals surface area contributed by atoms with Crippen LogP contribution in [-0.4, -0.2) is 25.0 Å². The lowest BCUT2D eigenvalue weighted by molar-refractivity contribution is -0.121. The van der Waals surface area contributed by atoms with Crippen molar-refractivity contribution >= 4 is 29.7 Å². The summed E-state index contributed by atoms with van der Waals surface area (Å²) in [7, 11) is 0. The average Bonchev–Trinajstić information content (AvgIpc) is 2.90. The molecule has 96 valence electrons. The Balaban J connectivity index is 0.00000144. The number of nitrogens with one attached hydrogen (secondary N) is 2. The van der Waals surface area contributed by atoms with Crippen molar-refractivity contribution < 1.29 is 4.79 Å². The van der Waals surface area contributed by atoms with Gasteiger partial charge in [-0.15, -0.1) is 23.7 Å². The zero-order valence-electron chi connectivity index (χ0n) is 9.78. The maximum atomic E-state index is 11.6. The second kappa shape index (κ2) is 7.69. The predicted molar refractivity (Wildman–Crippen MR) is 73.9 cm³/mol. The maximum Gasteiger partial charge on any atom is 0.220 e. The second-order valence-electron chi connectivity index (χ2n) is 4.19. The zero-order chi connectivity index (χ0) is 11.2. The van der Waals surface area contributed by atoms with Gasteiger partial charge in [0.25, 0.3) is 0 Å². The van der Waals surface area contributed by atoms with Crippen molar-refractivity contribution in [1.29, 1.82) is 0 Å². The topological polar surface area (TPSA) is 41.1 Å². The highest BCUT2D eigenvalue weighted by Crippen LogP contribution is 2.11. The molecular formula is C12H19ClN2OS. The molecule has 1 amide bonds. The van der Waals surface area contributed by atoms with E-state index in [0.717, 1.165) is 32.4 Å². The van der Waals surface area contributed by atoms with Gasteiger partial charge in [0, 0.05) is 23.9 Å². The lowest BCUT2D eigenvalue weighted by atomic mass is 10.2. The minimum Gasteiger partial charge on any atom is -0.352 e. The van der Waals surface area contributed by atoms with Gasteiger partial charge in [-0.3, -0.25) is 4.79 Å². The van der Waals surface area contributed by atoms with E-state index in [1.165, 1.54) is 4.88 Å². The number of carbonyl (C=O) groups excluding carboxylic acids is 1. The molecule has 1 aromatic heterocycles. The van der Waals surface area contributed by atoms with Crippen molar-refractivity contribution in [2.75, 3.05) is 13.1 Å². The van der Waals surface area contributed by atoms with Gasteiger partial charge in [0.15, 0.2) is 0 Å². The van der Waals surface area contributed by atoms with Crippen LogP contribution in [0.5, 0.6) is 0 Å². The van der Waals surface area contributed by atoms with E-state index < -0.39 is 0 Å². The highest BCUT2D eigenvalue weighted by molar-refractivity contribution is 7.09. The van der Waals surface area contributed by atoms with Crippen LogP contribution in [-0.2, 0) is 11.2 Å². The number of amides is 1. The third-order valence-electron chi connectivity index (χ3n) is 2.83. The predicted octanol–water partition coefficient (Wildman–Crippen LogP) is 1.97. The summed E-state index contributed by atoms with van der Waals surface area (Å²) in [6.45, 7) is 1.96. The highest BCUT2D eigenvalue weighted by Gasteiger charge is 2.15. The molecule has 0 saturated carbocycles. The van der Waals surface area contributed by atoms with E-state index in [4.69, 9.17) is 0 Å². The van der Waals surface area contributed by atoms with Crippen LogP contribution in [0, 0.1) is 0 Å². The molecular weight excluding hydrogens is 256 g/mol. The lowest BCUT2D eigenvalue weighted by Crippen LogP contribution is -2.36. The number of aryl methyl sites for hydroxylation is 1. The van der Waals surface area contributed by atoms with Gasteiger partial charge in [-0.25, -0.2) is 0 Å². The summed E-state index contributed by atoms with van der Waals surface area (Å²) in [5.41, 5.74) is 0. The molecule has 0 aromatic carbocycles. The normalized spacial score (nSPS) is 18.7. The summed E-state index contributed by atoms with van der Waals surface area (Å²) in [6, 6.07) is 4.54. The van der Waals surface area contributed by atoms with Gasteiger partial charge in [-0.2, -0.15) is 0 Å². The molecule has 0 radical (unpaired) electrons. The Bertz CT molecular complexity index is 323. The number of halogens is 1. The summed E-state index contributed by atoms with van der Waals surface area (Å²) >= 11 is 1.77. The molecule has 1 aromatic rings. The average molecular weight is 275 g/mol. The van der Waals surface area contributed by atoms with Gasteiger partial charge in [-0.05, 0) is 37.3 Å². The summed E-state index contributed by atoms with van der Waals surface area (Å²) in [5.74, 6) is 0.199. The van der Waals surface area contributed by atoms with Crippen LogP contribution in [0.1, 0.15) is 24.1 Å². The van der Waals surface area contributed by atoms with Gasteiger partial charge >= 0.3 is 0 Å². The molecule has 1 saturated heterocycles. The minimum absolute atomic E-state index is 0. The van der Waals surface area contributed by atoms with E-state index in [1.54, 1.807) is 11.3 Å². The monoisotopic (exact) mass is 274 g/mol. The highest BCUT2D eigenvalue weighted by atomic mass is 35.5. The van der Waals surface area contributed by atoms with Gasteiger partial charge in [-0.1, -0.05) is 6.07 Å². The molecule has 1 fully saturated rings. The van der Waals surface area contributed by atoms with E-state index in [-0.39, 0.29) is 18.3 Å². The Morgan fingerprint density at radius 3 is 3.12 bits per heavy atom. The van der Waals surface area contributed by atoms with Crippen LogP contribution in [0.15, 0.2) is 17.5 Å². The van der Waals surface area contributed by atoms with Crippen molar-refractivity contribution in [2.45, 2.75) is 31.7 Å². The zero-order valence-corrected chi connectivity index (χ0v) is 11.4.